The Balaban J connectivity index is 1.67. The van der Waals surface area contributed by atoms with E-state index in [0.29, 0.717) is 5.95 Å². The number of pyridine rings is 1. The third kappa shape index (κ3) is 2.42. The molecule has 0 aliphatic rings. The first-order chi connectivity index (χ1) is 9.22. The van der Waals surface area contributed by atoms with E-state index in [1.165, 1.54) is 0 Å². The zero-order valence-corrected chi connectivity index (χ0v) is 11.0. The molecule has 0 radical (unpaired) electrons. The Bertz CT molecular complexity index is 696. The average Bonchev–Trinajstić information content (AvgIpc) is 2.97. The van der Waals surface area contributed by atoms with Crippen molar-refractivity contribution in [1.82, 2.24) is 24.4 Å². The van der Waals surface area contributed by atoms with Crippen LogP contribution in [0.1, 0.15) is 11.3 Å². The summed E-state index contributed by atoms with van der Waals surface area (Å²) in [5, 5.41) is 11.9. The van der Waals surface area contributed by atoms with Gasteiger partial charge < -0.3 is 5.32 Å². The minimum atomic E-state index is 0.658. The second kappa shape index (κ2) is 4.72. The van der Waals surface area contributed by atoms with E-state index < -0.39 is 0 Å². The van der Waals surface area contributed by atoms with Crippen molar-refractivity contribution in [3.8, 4) is 0 Å². The van der Waals surface area contributed by atoms with E-state index in [1.807, 2.05) is 49.2 Å². The van der Waals surface area contributed by atoms with Crippen molar-refractivity contribution in [3.05, 3.63) is 41.9 Å². The van der Waals surface area contributed by atoms with Crippen molar-refractivity contribution in [2.75, 3.05) is 11.9 Å². The van der Waals surface area contributed by atoms with Gasteiger partial charge >= 0.3 is 0 Å². The van der Waals surface area contributed by atoms with E-state index in [2.05, 4.69) is 20.5 Å². The quantitative estimate of drug-likeness (QED) is 0.767. The number of nitrogens with zero attached hydrogens (tertiary/aromatic N) is 5. The summed E-state index contributed by atoms with van der Waals surface area (Å²) in [5.41, 5.74) is 3.07. The van der Waals surface area contributed by atoms with Gasteiger partial charge in [0.2, 0.25) is 5.95 Å². The zero-order valence-electron chi connectivity index (χ0n) is 11.0. The highest BCUT2D eigenvalue weighted by Crippen LogP contribution is 2.09. The lowest BCUT2D eigenvalue weighted by molar-refractivity contribution is 0.741. The van der Waals surface area contributed by atoms with Gasteiger partial charge in [0.1, 0.15) is 0 Å². The fraction of sp³-hybridized carbons (Fsp3) is 0.308. The molecular formula is C13H16N6. The number of nitrogens with one attached hydrogen (secondary N) is 1. The van der Waals surface area contributed by atoms with Gasteiger partial charge in [0.05, 0.1) is 5.69 Å². The van der Waals surface area contributed by atoms with Crippen molar-refractivity contribution in [2.24, 2.45) is 7.05 Å². The average molecular weight is 256 g/mol. The first kappa shape index (κ1) is 11.7. The SMILES string of the molecule is Cc1cccn2nc(NCCc3ccn(C)n3)nc12. The highest BCUT2D eigenvalue weighted by molar-refractivity contribution is 5.49. The molecule has 0 aromatic carbocycles. The maximum Gasteiger partial charge on any atom is 0.243 e. The van der Waals surface area contributed by atoms with Gasteiger partial charge in [-0.25, -0.2) is 4.52 Å². The second-order valence-corrected chi connectivity index (χ2v) is 4.55. The summed E-state index contributed by atoms with van der Waals surface area (Å²) in [6.45, 7) is 2.80. The highest BCUT2D eigenvalue weighted by atomic mass is 15.3. The number of hydrogen-bond donors (Lipinski definition) is 1. The lowest BCUT2D eigenvalue weighted by Gasteiger charge is -1.98. The minimum absolute atomic E-state index is 0.658. The number of aryl methyl sites for hydroxylation is 2. The van der Waals surface area contributed by atoms with E-state index >= 15 is 0 Å². The maximum atomic E-state index is 4.46. The standard InChI is InChI=1S/C13H16N6/c1-10-4-3-8-19-12(10)15-13(17-19)14-7-5-11-6-9-18(2)16-11/h3-4,6,8-9H,5,7H2,1-2H3,(H,14,17). The molecule has 3 aromatic rings. The summed E-state index contributed by atoms with van der Waals surface area (Å²) in [6.07, 6.45) is 4.70. The Kier molecular flexibility index (Phi) is 2.91. The van der Waals surface area contributed by atoms with E-state index in [1.54, 1.807) is 4.52 Å². The molecule has 0 fully saturated rings. The smallest absolute Gasteiger partial charge is 0.243 e. The fourth-order valence-electron chi connectivity index (χ4n) is 2.01. The molecule has 3 aromatic heterocycles. The van der Waals surface area contributed by atoms with E-state index in [4.69, 9.17) is 0 Å². The van der Waals surface area contributed by atoms with Crippen molar-refractivity contribution in [3.63, 3.8) is 0 Å². The third-order valence-electron chi connectivity index (χ3n) is 2.99. The van der Waals surface area contributed by atoms with Gasteiger partial charge in [-0.05, 0) is 24.6 Å². The third-order valence-corrected chi connectivity index (χ3v) is 2.99. The number of anilines is 1. The lowest BCUT2D eigenvalue weighted by atomic mass is 10.3. The number of aromatic nitrogens is 5. The van der Waals surface area contributed by atoms with Gasteiger partial charge in [-0.3, -0.25) is 4.68 Å². The van der Waals surface area contributed by atoms with Crippen LogP contribution in [0.25, 0.3) is 5.65 Å². The summed E-state index contributed by atoms with van der Waals surface area (Å²) in [5.74, 6) is 0.658. The Morgan fingerprint density at radius 3 is 2.84 bits per heavy atom. The molecule has 0 aliphatic carbocycles. The Labute approximate surface area is 111 Å². The normalized spacial score (nSPS) is 11.1. The van der Waals surface area contributed by atoms with Crippen LogP contribution in [-0.4, -0.2) is 30.9 Å². The Hall–Kier alpha value is -2.37. The van der Waals surface area contributed by atoms with E-state index in [-0.39, 0.29) is 0 Å². The van der Waals surface area contributed by atoms with Crippen LogP contribution in [0.15, 0.2) is 30.6 Å². The summed E-state index contributed by atoms with van der Waals surface area (Å²) < 4.78 is 3.60. The zero-order chi connectivity index (χ0) is 13.2. The van der Waals surface area contributed by atoms with E-state index in [9.17, 15) is 0 Å². The topological polar surface area (TPSA) is 60.0 Å². The largest absolute Gasteiger partial charge is 0.353 e. The molecule has 6 heteroatoms. The van der Waals surface area contributed by atoms with Crippen LogP contribution in [0, 0.1) is 6.92 Å². The summed E-state index contributed by atoms with van der Waals surface area (Å²) in [6, 6.07) is 6.01. The second-order valence-electron chi connectivity index (χ2n) is 4.55. The molecule has 0 unspecified atom stereocenters. The van der Waals surface area contributed by atoms with E-state index in [0.717, 1.165) is 29.9 Å². The van der Waals surface area contributed by atoms with Gasteiger partial charge in [-0.2, -0.15) is 10.1 Å². The van der Waals surface area contributed by atoms with Gasteiger partial charge in [-0.1, -0.05) is 6.07 Å². The Morgan fingerprint density at radius 2 is 2.11 bits per heavy atom. The molecule has 3 rings (SSSR count). The van der Waals surface area contributed by atoms with Crippen LogP contribution in [0.3, 0.4) is 0 Å². The summed E-state index contributed by atoms with van der Waals surface area (Å²) in [7, 11) is 1.92. The van der Waals surface area contributed by atoms with Crippen LogP contribution in [0.5, 0.6) is 0 Å². The monoisotopic (exact) mass is 256 g/mol. The molecule has 0 saturated heterocycles. The highest BCUT2D eigenvalue weighted by Gasteiger charge is 2.05. The number of hydrogen-bond acceptors (Lipinski definition) is 4. The van der Waals surface area contributed by atoms with Gasteiger partial charge in [0, 0.05) is 32.4 Å². The molecule has 0 amide bonds. The van der Waals surface area contributed by atoms with Crippen LogP contribution >= 0.6 is 0 Å². The van der Waals surface area contributed by atoms with Crippen LogP contribution in [0.2, 0.25) is 0 Å². The molecule has 0 saturated carbocycles. The first-order valence-corrected chi connectivity index (χ1v) is 6.27. The molecule has 6 nitrogen and oxygen atoms in total. The molecule has 19 heavy (non-hydrogen) atoms. The predicted molar refractivity (Wildman–Crippen MR) is 73.1 cm³/mol. The van der Waals surface area contributed by atoms with Gasteiger partial charge in [0.25, 0.3) is 0 Å². The number of fused-ring (bicyclic) bond motifs is 1. The predicted octanol–water partition coefficient (Wildman–Crippen LogP) is 1.43. The lowest BCUT2D eigenvalue weighted by Crippen LogP contribution is -2.07. The van der Waals surface area contributed by atoms with Crippen molar-refractivity contribution in [1.29, 1.82) is 0 Å². The van der Waals surface area contributed by atoms with Crippen LogP contribution in [0.4, 0.5) is 5.95 Å². The van der Waals surface area contributed by atoms with Crippen molar-refractivity contribution in [2.45, 2.75) is 13.3 Å². The first-order valence-electron chi connectivity index (χ1n) is 6.27. The molecule has 0 aliphatic heterocycles. The molecule has 3 heterocycles. The summed E-state index contributed by atoms with van der Waals surface area (Å²) >= 11 is 0. The summed E-state index contributed by atoms with van der Waals surface area (Å²) in [4.78, 5) is 4.46. The molecule has 0 bridgehead atoms. The molecule has 0 atom stereocenters. The van der Waals surface area contributed by atoms with Crippen molar-refractivity contribution < 1.29 is 0 Å². The van der Waals surface area contributed by atoms with Crippen molar-refractivity contribution >= 4 is 11.6 Å². The molecule has 1 N–H and O–H groups in total. The van der Waals surface area contributed by atoms with Crippen LogP contribution in [-0.2, 0) is 13.5 Å². The molecule has 0 spiro atoms. The fourth-order valence-corrected chi connectivity index (χ4v) is 2.01. The minimum Gasteiger partial charge on any atom is -0.353 e. The molecular weight excluding hydrogens is 240 g/mol. The van der Waals surface area contributed by atoms with Gasteiger partial charge in [0.15, 0.2) is 5.65 Å². The molecule has 98 valence electrons. The van der Waals surface area contributed by atoms with Gasteiger partial charge in [-0.15, -0.1) is 5.10 Å². The maximum absolute atomic E-state index is 4.46. The number of rotatable bonds is 4. The Morgan fingerprint density at radius 1 is 1.21 bits per heavy atom. The van der Waals surface area contributed by atoms with Crippen LogP contribution < -0.4 is 5.32 Å².